The van der Waals surface area contributed by atoms with E-state index in [9.17, 15) is 13.6 Å². The van der Waals surface area contributed by atoms with Crippen LogP contribution in [-0.4, -0.2) is 46.9 Å². The third-order valence-electron chi connectivity index (χ3n) is 4.27. The number of carbonyl (C=O) groups excluding carboxylic acids is 1. The summed E-state index contributed by atoms with van der Waals surface area (Å²) in [6, 6.07) is 7.41. The molecule has 0 atom stereocenters. The van der Waals surface area contributed by atoms with E-state index >= 15 is 0 Å². The van der Waals surface area contributed by atoms with Gasteiger partial charge in [-0.3, -0.25) is 0 Å². The van der Waals surface area contributed by atoms with Crippen LogP contribution in [0.1, 0.15) is 11.1 Å². The molecular weight excluding hydrogens is 416 g/mol. The van der Waals surface area contributed by atoms with Crippen molar-refractivity contribution in [2.75, 3.05) is 28.4 Å². The van der Waals surface area contributed by atoms with Crippen LogP contribution in [0.25, 0.3) is 6.08 Å². The molecule has 0 spiro atoms. The van der Waals surface area contributed by atoms with Gasteiger partial charge in [-0.25, -0.2) is 9.79 Å². The van der Waals surface area contributed by atoms with Crippen LogP contribution < -0.4 is 23.7 Å². The summed E-state index contributed by atoms with van der Waals surface area (Å²) in [7, 11) is 5.71. The number of alkyl halides is 2. The second-order valence-electron chi connectivity index (χ2n) is 6.00. The summed E-state index contributed by atoms with van der Waals surface area (Å²) in [5, 5.41) is 0. The summed E-state index contributed by atoms with van der Waals surface area (Å²) < 4.78 is 55.7. The van der Waals surface area contributed by atoms with Gasteiger partial charge >= 0.3 is 12.6 Å². The molecule has 0 bridgehead atoms. The Balaban J connectivity index is 1.98. The fourth-order valence-corrected chi connectivity index (χ4v) is 2.91. The van der Waals surface area contributed by atoms with Crippen molar-refractivity contribution in [2.45, 2.75) is 6.61 Å². The van der Waals surface area contributed by atoms with Crippen LogP contribution in [0.3, 0.4) is 0 Å². The highest BCUT2D eigenvalue weighted by Gasteiger charge is 2.26. The van der Waals surface area contributed by atoms with Gasteiger partial charge in [0.05, 0.1) is 28.4 Å². The summed E-state index contributed by atoms with van der Waals surface area (Å²) in [5.74, 6) is 0.331. The standard InChI is InChI=1S/C21H19F2NO7/c1-26-15-8-5-11(17(28-3)18(15)29-4)9-13-20(25)31-19(24-13)12-6-7-14(30-21(22)23)16(10-12)27-2/h5-10,21H,1-4H3/b13-9-. The molecule has 3 rings (SSSR count). The fraction of sp³-hybridized carbons (Fsp3) is 0.238. The van der Waals surface area contributed by atoms with Gasteiger partial charge in [-0.1, -0.05) is 0 Å². The summed E-state index contributed by atoms with van der Waals surface area (Å²) in [6.45, 7) is -3.01. The van der Waals surface area contributed by atoms with Crippen LogP contribution in [0.4, 0.5) is 8.78 Å². The molecule has 0 saturated carbocycles. The van der Waals surface area contributed by atoms with Crippen molar-refractivity contribution in [1.29, 1.82) is 0 Å². The SMILES string of the molecule is COc1cc(C2=N/C(=C\c3ccc(OC)c(OC)c3OC)C(=O)O2)ccc1OC(F)F. The maximum absolute atomic E-state index is 12.5. The number of methoxy groups -OCH3 is 4. The Kier molecular flexibility index (Phi) is 6.58. The second kappa shape index (κ2) is 9.33. The van der Waals surface area contributed by atoms with E-state index in [1.165, 1.54) is 52.7 Å². The van der Waals surface area contributed by atoms with Gasteiger partial charge in [0, 0.05) is 11.1 Å². The Bertz CT molecular complexity index is 1050. The third-order valence-corrected chi connectivity index (χ3v) is 4.27. The van der Waals surface area contributed by atoms with E-state index in [0.29, 0.717) is 28.4 Å². The van der Waals surface area contributed by atoms with E-state index in [1.54, 1.807) is 12.1 Å². The summed E-state index contributed by atoms with van der Waals surface area (Å²) in [5.41, 5.74) is 0.859. The van der Waals surface area contributed by atoms with Gasteiger partial charge in [0.25, 0.3) is 0 Å². The average molecular weight is 435 g/mol. The van der Waals surface area contributed by atoms with Crippen molar-refractivity contribution in [3.8, 4) is 28.7 Å². The number of hydrogen-bond acceptors (Lipinski definition) is 8. The molecule has 0 amide bonds. The minimum atomic E-state index is -3.01. The zero-order valence-electron chi connectivity index (χ0n) is 17.1. The summed E-state index contributed by atoms with van der Waals surface area (Å²) in [4.78, 5) is 16.6. The van der Waals surface area contributed by atoms with Crippen molar-refractivity contribution < 1.29 is 42.0 Å². The number of aliphatic imine (C=N–C) groups is 1. The van der Waals surface area contributed by atoms with Crippen LogP contribution in [-0.2, 0) is 9.53 Å². The quantitative estimate of drug-likeness (QED) is 0.462. The van der Waals surface area contributed by atoms with E-state index in [1.807, 2.05) is 0 Å². The lowest BCUT2D eigenvalue weighted by atomic mass is 10.1. The topological polar surface area (TPSA) is 84.8 Å². The van der Waals surface area contributed by atoms with Gasteiger partial charge in [-0.05, 0) is 36.4 Å². The maximum Gasteiger partial charge on any atom is 0.387 e. The van der Waals surface area contributed by atoms with Gasteiger partial charge in [-0.15, -0.1) is 0 Å². The number of esters is 1. The summed E-state index contributed by atoms with van der Waals surface area (Å²) in [6.07, 6.45) is 1.47. The molecule has 31 heavy (non-hydrogen) atoms. The Labute approximate surface area is 176 Å². The van der Waals surface area contributed by atoms with E-state index in [2.05, 4.69) is 9.73 Å². The first-order valence-corrected chi connectivity index (χ1v) is 8.86. The first-order valence-electron chi connectivity index (χ1n) is 8.86. The molecule has 0 unspecified atom stereocenters. The fourth-order valence-electron chi connectivity index (χ4n) is 2.91. The second-order valence-corrected chi connectivity index (χ2v) is 6.00. The number of ether oxygens (including phenoxy) is 6. The third kappa shape index (κ3) is 4.52. The van der Waals surface area contributed by atoms with Crippen molar-refractivity contribution in [3.63, 3.8) is 0 Å². The molecule has 164 valence electrons. The Hall–Kier alpha value is -3.82. The minimum absolute atomic E-state index is 0.00685. The number of hydrogen-bond donors (Lipinski definition) is 0. The predicted octanol–water partition coefficient (Wildman–Crippen LogP) is 3.67. The Morgan fingerprint density at radius 1 is 0.903 bits per heavy atom. The molecule has 2 aromatic rings. The van der Waals surface area contributed by atoms with Crippen molar-refractivity contribution in [1.82, 2.24) is 0 Å². The molecule has 0 N–H and O–H groups in total. The molecule has 0 saturated heterocycles. The average Bonchev–Trinajstić information content (AvgIpc) is 3.13. The van der Waals surface area contributed by atoms with Crippen LogP contribution in [0, 0.1) is 0 Å². The highest BCUT2D eigenvalue weighted by Crippen LogP contribution is 2.41. The van der Waals surface area contributed by atoms with Crippen LogP contribution in [0.2, 0.25) is 0 Å². The zero-order chi connectivity index (χ0) is 22.5. The van der Waals surface area contributed by atoms with Gasteiger partial charge in [-0.2, -0.15) is 8.78 Å². The lowest BCUT2D eigenvalue weighted by Gasteiger charge is -2.14. The largest absolute Gasteiger partial charge is 0.493 e. The van der Waals surface area contributed by atoms with Gasteiger partial charge in [0.15, 0.2) is 28.7 Å². The number of cyclic esters (lactones) is 1. The molecule has 10 heteroatoms. The number of rotatable bonds is 8. The molecule has 1 aliphatic rings. The van der Waals surface area contributed by atoms with Crippen molar-refractivity contribution >= 4 is 17.9 Å². The van der Waals surface area contributed by atoms with E-state index in [-0.39, 0.29) is 23.1 Å². The molecule has 0 fully saturated rings. The number of halogens is 2. The molecular formula is C21H19F2NO7. The molecule has 8 nitrogen and oxygen atoms in total. The lowest BCUT2D eigenvalue weighted by Crippen LogP contribution is -2.07. The number of nitrogens with zero attached hydrogens (tertiary/aromatic N) is 1. The monoisotopic (exact) mass is 435 g/mol. The van der Waals surface area contributed by atoms with Crippen LogP contribution in [0.5, 0.6) is 28.7 Å². The van der Waals surface area contributed by atoms with Gasteiger partial charge in [0.2, 0.25) is 11.6 Å². The highest BCUT2D eigenvalue weighted by molar-refractivity contribution is 6.13. The first kappa shape index (κ1) is 21.9. The molecule has 0 radical (unpaired) electrons. The van der Waals surface area contributed by atoms with E-state index in [0.717, 1.165) is 0 Å². The predicted molar refractivity (Wildman–Crippen MR) is 106 cm³/mol. The number of carbonyl (C=O) groups is 1. The lowest BCUT2D eigenvalue weighted by molar-refractivity contribution is -0.129. The first-order chi connectivity index (χ1) is 14.9. The molecule has 1 aliphatic heterocycles. The Morgan fingerprint density at radius 3 is 2.19 bits per heavy atom. The minimum Gasteiger partial charge on any atom is -0.493 e. The molecule has 0 aromatic heterocycles. The number of benzene rings is 2. The zero-order valence-corrected chi connectivity index (χ0v) is 17.1. The molecule has 1 heterocycles. The van der Waals surface area contributed by atoms with Crippen molar-refractivity contribution in [3.05, 3.63) is 47.2 Å². The highest BCUT2D eigenvalue weighted by atomic mass is 19.3. The smallest absolute Gasteiger partial charge is 0.387 e. The van der Waals surface area contributed by atoms with Gasteiger partial charge in [0.1, 0.15) is 0 Å². The van der Waals surface area contributed by atoms with E-state index in [4.69, 9.17) is 23.7 Å². The molecule has 2 aromatic carbocycles. The van der Waals surface area contributed by atoms with Crippen LogP contribution in [0.15, 0.2) is 41.0 Å². The van der Waals surface area contributed by atoms with Crippen LogP contribution >= 0.6 is 0 Å². The Morgan fingerprint density at radius 2 is 1.58 bits per heavy atom. The van der Waals surface area contributed by atoms with Crippen molar-refractivity contribution in [2.24, 2.45) is 4.99 Å². The normalized spacial score (nSPS) is 14.4. The van der Waals surface area contributed by atoms with Gasteiger partial charge < -0.3 is 28.4 Å². The molecule has 0 aliphatic carbocycles. The van der Waals surface area contributed by atoms with E-state index < -0.39 is 12.6 Å². The summed E-state index contributed by atoms with van der Waals surface area (Å²) >= 11 is 0. The maximum atomic E-state index is 12.5.